The van der Waals surface area contributed by atoms with Gasteiger partial charge in [0, 0.05) is 4.47 Å². The van der Waals surface area contributed by atoms with Crippen molar-refractivity contribution >= 4 is 21.9 Å². The lowest BCUT2D eigenvalue weighted by Gasteiger charge is -2.09. The highest BCUT2D eigenvalue weighted by Crippen LogP contribution is 2.18. The van der Waals surface area contributed by atoms with Gasteiger partial charge in [-0.2, -0.15) is 0 Å². The van der Waals surface area contributed by atoms with Crippen LogP contribution in [0.25, 0.3) is 0 Å². The third-order valence-electron chi connectivity index (χ3n) is 3.14. The van der Waals surface area contributed by atoms with Crippen molar-refractivity contribution in [1.82, 2.24) is 0 Å². The van der Waals surface area contributed by atoms with Crippen LogP contribution >= 0.6 is 15.9 Å². The maximum absolute atomic E-state index is 11.6. The Morgan fingerprint density at radius 1 is 0.800 bits per heavy atom. The maximum atomic E-state index is 11.6. The highest BCUT2D eigenvalue weighted by atomic mass is 79.9. The number of carbonyl (C=O) groups excluding carboxylic acids is 1. The van der Waals surface area contributed by atoms with E-state index in [4.69, 9.17) is 18.9 Å². The van der Waals surface area contributed by atoms with Crippen LogP contribution in [0.3, 0.4) is 0 Å². The molecule has 0 radical (unpaired) electrons. The second-order valence-electron chi connectivity index (χ2n) is 5.03. The predicted octanol–water partition coefficient (Wildman–Crippen LogP) is 4.24. The molecule has 6 heteroatoms. The summed E-state index contributed by atoms with van der Waals surface area (Å²) < 4.78 is 22.4. The highest BCUT2D eigenvalue weighted by Gasteiger charge is 2.04. The molecule has 25 heavy (non-hydrogen) atoms. The molecule has 134 valence electrons. The minimum absolute atomic E-state index is 0.186. The lowest BCUT2D eigenvalue weighted by molar-refractivity contribution is -0.144. The van der Waals surface area contributed by atoms with Crippen LogP contribution in [0.2, 0.25) is 0 Å². The zero-order valence-electron chi connectivity index (χ0n) is 14.1. The van der Waals surface area contributed by atoms with E-state index in [2.05, 4.69) is 15.9 Å². The lowest BCUT2D eigenvalue weighted by Crippen LogP contribution is -2.14. The normalized spacial score (nSPS) is 10.2. The molecule has 0 amide bonds. The van der Waals surface area contributed by atoms with Gasteiger partial charge in [-0.25, -0.2) is 0 Å². The molecule has 0 heterocycles. The molecule has 0 aromatic heterocycles. The first-order chi connectivity index (χ1) is 12.2. The fraction of sp³-hybridized carbons (Fsp3) is 0.316. The van der Waals surface area contributed by atoms with E-state index in [0.29, 0.717) is 19.0 Å². The minimum Gasteiger partial charge on any atom is -0.494 e. The van der Waals surface area contributed by atoms with Crippen molar-refractivity contribution in [1.29, 1.82) is 0 Å². The average Bonchev–Trinajstić information content (AvgIpc) is 2.62. The Kier molecular flexibility index (Phi) is 8.12. The van der Waals surface area contributed by atoms with E-state index in [0.717, 1.165) is 16.0 Å². The van der Waals surface area contributed by atoms with Gasteiger partial charge >= 0.3 is 5.97 Å². The van der Waals surface area contributed by atoms with Crippen molar-refractivity contribution < 1.29 is 23.7 Å². The molecule has 0 spiro atoms. The molecule has 0 N–H and O–H groups in total. The summed E-state index contributed by atoms with van der Waals surface area (Å²) in [4.78, 5) is 11.6. The highest BCUT2D eigenvalue weighted by molar-refractivity contribution is 9.10. The van der Waals surface area contributed by atoms with Crippen LogP contribution in [0.4, 0.5) is 0 Å². The van der Waals surface area contributed by atoms with Crippen LogP contribution in [0.15, 0.2) is 53.0 Å². The SMILES string of the molecule is CCOc1ccc(OCCC(=O)OCCOc2ccc(Br)cc2)cc1. The van der Waals surface area contributed by atoms with E-state index in [1.165, 1.54) is 0 Å². The Labute approximate surface area is 156 Å². The fourth-order valence-corrected chi connectivity index (χ4v) is 2.23. The molecule has 0 atom stereocenters. The molecule has 5 nitrogen and oxygen atoms in total. The number of halogens is 1. The van der Waals surface area contributed by atoms with Crippen LogP contribution in [0.1, 0.15) is 13.3 Å². The average molecular weight is 409 g/mol. The van der Waals surface area contributed by atoms with Crippen molar-refractivity contribution in [3.63, 3.8) is 0 Å². The summed E-state index contributed by atoms with van der Waals surface area (Å²) in [7, 11) is 0. The third-order valence-corrected chi connectivity index (χ3v) is 3.67. The monoisotopic (exact) mass is 408 g/mol. The molecular weight excluding hydrogens is 388 g/mol. The number of esters is 1. The molecule has 0 aliphatic rings. The molecule has 2 rings (SSSR count). The summed E-state index contributed by atoms with van der Waals surface area (Å²) in [5.74, 6) is 1.90. The van der Waals surface area contributed by atoms with E-state index in [-0.39, 0.29) is 25.6 Å². The largest absolute Gasteiger partial charge is 0.494 e. The molecule has 0 aliphatic carbocycles. The standard InChI is InChI=1S/C19H21BrO5/c1-2-22-16-7-9-18(10-8-16)23-12-11-19(21)25-14-13-24-17-5-3-15(20)4-6-17/h3-10H,2,11-14H2,1H3. The number of carbonyl (C=O) groups is 1. The van der Waals surface area contributed by atoms with Crippen molar-refractivity contribution in [3.8, 4) is 17.2 Å². The number of hydrogen-bond donors (Lipinski definition) is 0. The van der Waals surface area contributed by atoms with Crippen LogP contribution in [-0.4, -0.2) is 32.4 Å². The summed E-state index contributed by atoms with van der Waals surface area (Å²) in [6.07, 6.45) is 0.186. The van der Waals surface area contributed by atoms with Gasteiger partial charge in [0.2, 0.25) is 0 Å². The van der Waals surface area contributed by atoms with Gasteiger partial charge in [0.25, 0.3) is 0 Å². The van der Waals surface area contributed by atoms with Gasteiger partial charge in [0.1, 0.15) is 30.5 Å². The van der Waals surface area contributed by atoms with Crippen molar-refractivity contribution in [2.75, 3.05) is 26.4 Å². The number of ether oxygens (including phenoxy) is 4. The van der Waals surface area contributed by atoms with Crippen LogP contribution in [-0.2, 0) is 9.53 Å². The molecule has 0 aliphatic heterocycles. The van der Waals surface area contributed by atoms with Gasteiger partial charge < -0.3 is 18.9 Å². The number of rotatable bonds is 10. The zero-order valence-corrected chi connectivity index (χ0v) is 15.7. The molecule has 0 saturated carbocycles. The summed E-state index contributed by atoms with van der Waals surface area (Å²) >= 11 is 3.35. The molecule has 2 aromatic rings. The fourth-order valence-electron chi connectivity index (χ4n) is 1.97. The summed E-state index contributed by atoms with van der Waals surface area (Å²) in [5.41, 5.74) is 0. The smallest absolute Gasteiger partial charge is 0.309 e. The number of benzene rings is 2. The molecular formula is C19H21BrO5. The Bertz CT molecular complexity index is 640. The third kappa shape index (κ3) is 7.47. The summed E-state index contributed by atoms with van der Waals surface area (Å²) in [6, 6.07) is 14.7. The van der Waals surface area contributed by atoms with Gasteiger partial charge in [-0.05, 0) is 55.5 Å². The topological polar surface area (TPSA) is 54.0 Å². The lowest BCUT2D eigenvalue weighted by atomic mass is 10.3. The van der Waals surface area contributed by atoms with Gasteiger partial charge in [0.15, 0.2) is 0 Å². The Morgan fingerprint density at radius 3 is 1.92 bits per heavy atom. The minimum atomic E-state index is -0.314. The Morgan fingerprint density at radius 2 is 1.32 bits per heavy atom. The molecule has 0 fully saturated rings. The predicted molar refractivity (Wildman–Crippen MR) is 98.3 cm³/mol. The Balaban J connectivity index is 1.56. The van der Waals surface area contributed by atoms with Crippen molar-refractivity contribution in [2.45, 2.75) is 13.3 Å². The molecule has 0 unspecified atom stereocenters. The van der Waals surface area contributed by atoms with Crippen LogP contribution in [0, 0.1) is 0 Å². The van der Waals surface area contributed by atoms with Gasteiger partial charge in [-0.1, -0.05) is 15.9 Å². The summed E-state index contributed by atoms with van der Waals surface area (Å²) in [6.45, 7) is 3.34. The maximum Gasteiger partial charge on any atom is 0.309 e. The van der Waals surface area contributed by atoms with Crippen LogP contribution in [0.5, 0.6) is 17.2 Å². The summed E-state index contributed by atoms with van der Waals surface area (Å²) in [5, 5.41) is 0. The van der Waals surface area contributed by atoms with E-state index >= 15 is 0 Å². The Hall–Kier alpha value is -2.21. The zero-order chi connectivity index (χ0) is 17.9. The van der Waals surface area contributed by atoms with E-state index in [1.54, 1.807) is 0 Å². The molecule has 2 aromatic carbocycles. The van der Waals surface area contributed by atoms with Gasteiger partial charge in [0.05, 0.1) is 19.6 Å². The molecule has 0 bridgehead atoms. The van der Waals surface area contributed by atoms with Crippen LogP contribution < -0.4 is 14.2 Å². The van der Waals surface area contributed by atoms with E-state index < -0.39 is 0 Å². The van der Waals surface area contributed by atoms with Gasteiger partial charge in [-0.3, -0.25) is 4.79 Å². The van der Waals surface area contributed by atoms with Crippen molar-refractivity contribution in [2.24, 2.45) is 0 Å². The first-order valence-corrected chi connectivity index (χ1v) is 8.86. The quantitative estimate of drug-likeness (QED) is 0.434. The first kappa shape index (κ1) is 19.1. The first-order valence-electron chi connectivity index (χ1n) is 8.07. The van der Waals surface area contributed by atoms with E-state index in [9.17, 15) is 4.79 Å². The molecule has 0 saturated heterocycles. The second kappa shape index (κ2) is 10.6. The number of hydrogen-bond acceptors (Lipinski definition) is 5. The van der Waals surface area contributed by atoms with E-state index in [1.807, 2.05) is 55.5 Å². The second-order valence-corrected chi connectivity index (χ2v) is 5.94. The van der Waals surface area contributed by atoms with Gasteiger partial charge in [-0.15, -0.1) is 0 Å². The van der Waals surface area contributed by atoms with Crippen molar-refractivity contribution in [3.05, 3.63) is 53.0 Å².